The lowest BCUT2D eigenvalue weighted by atomic mass is 10.1. The zero-order valence-electron chi connectivity index (χ0n) is 14.1. The van der Waals surface area contributed by atoms with Crippen molar-refractivity contribution in [2.45, 2.75) is 12.3 Å². The molecule has 1 fully saturated rings. The Bertz CT molecular complexity index is 935. The molecule has 0 bridgehead atoms. The van der Waals surface area contributed by atoms with E-state index in [1.165, 1.54) is 0 Å². The van der Waals surface area contributed by atoms with Gasteiger partial charge in [0.15, 0.2) is 0 Å². The number of aromatic nitrogens is 2. The maximum absolute atomic E-state index is 12.7. The van der Waals surface area contributed by atoms with Crippen LogP contribution in [0.1, 0.15) is 17.9 Å². The average Bonchev–Trinajstić information content (AvgIpc) is 3.30. The molecule has 3 aromatic rings. The molecule has 128 valence electrons. The van der Waals surface area contributed by atoms with Crippen LogP contribution in [0.5, 0.6) is 11.5 Å². The summed E-state index contributed by atoms with van der Waals surface area (Å²) < 4.78 is 10.7. The van der Waals surface area contributed by atoms with E-state index in [0.717, 1.165) is 40.2 Å². The summed E-state index contributed by atoms with van der Waals surface area (Å²) in [4.78, 5) is 20.0. The summed E-state index contributed by atoms with van der Waals surface area (Å²) in [7, 11) is 3.27. The highest BCUT2D eigenvalue weighted by atomic mass is 16.5. The summed E-state index contributed by atoms with van der Waals surface area (Å²) in [5, 5.41) is 3.01. The predicted molar refractivity (Wildman–Crippen MR) is 95.1 cm³/mol. The first-order chi connectivity index (χ1) is 12.2. The summed E-state index contributed by atoms with van der Waals surface area (Å²) in [6.07, 6.45) is 2.42. The number of methoxy groups -OCH3 is 2. The molecule has 25 heavy (non-hydrogen) atoms. The van der Waals surface area contributed by atoms with Crippen molar-refractivity contribution in [1.29, 1.82) is 0 Å². The van der Waals surface area contributed by atoms with Crippen LogP contribution in [-0.2, 0) is 4.79 Å². The molecule has 4 rings (SSSR count). The third kappa shape index (κ3) is 2.80. The van der Waals surface area contributed by atoms with Crippen molar-refractivity contribution in [2.75, 3.05) is 19.5 Å². The molecule has 2 N–H and O–H groups in total. The van der Waals surface area contributed by atoms with Crippen LogP contribution in [0.2, 0.25) is 0 Å². The third-order valence-electron chi connectivity index (χ3n) is 4.67. The lowest BCUT2D eigenvalue weighted by Crippen LogP contribution is -2.15. The number of carbonyl (C=O) groups is 1. The molecule has 6 nitrogen and oxygen atoms in total. The number of ether oxygens (including phenoxy) is 2. The Morgan fingerprint density at radius 1 is 1.24 bits per heavy atom. The van der Waals surface area contributed by atoms with Gasteiger partial charge in [-0.2, -0.15) is 0 Å². The van der Waals surface area contributed by atoms with Gasteiger partial charge in [0.1, 0.15) is 17.0 Å². The molecular formula is C19H19N3O3. The van der Waals surface area contributed by atoms with E-state index < -0.39 is 0 Å². The molecule has 1 aliphatic carbocycles. The molecule has 1 saturated carbocycles. The van der Waals surface area contributed by atoms with Crippen LogP contribution in [-0.4, -0.2) is 30.1 Å². The Morgan fingerprint density at radius 2 is 2.12 bits per heavy atom. The van der Waals surface area contributed by atoms with Crippen molar-refractivity contribution in [3.63, 3.8) is 0 Å². The normalized spacial score (nSPS) is 18.8. The Labute approximate surface area is 145 Å². The quantitative estimate of drug-likeness (QED) is 0.749. The fraction of sp³-hybridized carbons (Fsp3) is 0.263. The van der Waals surface area contributed by atoms with Crippen LogP contribution in [0.25, 0.3) is 11.0 Å². The van der Waals surface area contributed by atoms with Crippen molar-refractivity contribution >= 4 is 22.6 Å². The molecule has 0 unspecified atom stereocenters. The minimum Gasteiger partial charge on any atom is -0.497 e. The number of carbonyl (C=O) groups excluding carboxylic acids is 1. The number of hydrogen-bond donors (Lipinski definition) is 2. The number of hydrogen-bond acceptors (Lipinski definition) is 4. The fourth-order valence-corrected chi connectivity index (χ4v) is 3.25. The van der Waals surface area contributed by atoms with Gasteiger partial charge in [-0.1, -0.05) is 6.07 Å². The minimum absolute atomic E-state index is 0.00497. The van der Waals surface area contributed by atoms with Gasteiger partial charge < -0.3 is 19.8 Å². The topological polar surface area (TPSA) is 76.2 Å². The van der Waals surface area contributed by atoms with Crippen molar-refractivity contribution in [1.82, 2.24) is 9.97 Å². The number of benzene rings is 2. The Hall–Kier alpha value is -3.02. The molecule has 1 heterocycles. The second kappa shape index (κ2) is 6.12. The van der Waals surface area contributed by atoms with Crippen molar-refractivity contribution in [3.05, 3.63) is 48.3 Å². The van der Waals surface area contributed by atoms with Crippen molar-refractivity contribution in [3.8, 4) is 11.5 Å². The molecule has 0 saturated heterocycles. The highest BCUT2D eigenvalue weighted by Gasteiger charge is 2.45. The average molecular weight is 337 g/mol. The van der Waals surface area contributed by atoms with Gasteiger partial charge in [-0.25, -0.2) is 4.98 Å². The highest BCUT2D eigenvalue weighted by molar-refractivity contribution is 6.01. The number of fused-ring (bicyclic) bond motifs is 1. The number of imidazole rings is 1. The van der Waals surface area contributed by atoms with Crippen molar-refractivity contribution < 1.29 is 14.3 Å². The van der Waals surface area contributed by atoms with E-state index in [1.54, 1.807) is 20.5 Å². The summed E-state index contributed by atoms with van der Waals surface area (Å²) >= 11 is 0. The molecule has 0 radical (unpaired) electrons. The standard InChI is InChI=1S/C19H19N3O3/c1-24-11-6-7-17(25-2)13(8-11)12-9-14(12)19(23)22-16-5-3-4-15-18(16)21-10-20-15/h3-8,10,12,14H,9H2,1-2H3,(H,20,21)(H,22,23)/t12-,14-/m0/s1. The minimum atomic E-state index is -0.0739. The molecule has 1 amide bonds. The number of nitrogens with zero attached hydrogens (tertiary/aromatic N) is 1. The van der Waals surface area contributed by atoms with Gasteiger partial charge >= 0.3 is 0 Å². The molecular weight excluding hydrogens is 318 g/mol. The summed E-state index contributed by atoms with van der Waals surface area (Å²) in [5.74, 6) is 1.63. The van der Waals surface area contributed by atoms with E-state index in [2.05, 4.69) is 15.3 Å². The molecule has 2 atom stereocenters. The smallest absolute Gasteiger partial charge is 0.228 e. The number of rotatable bonds is 5. The van der Waals surface area contributed by atoms with E-state index in [0.29, 0.717) is 0 Å². The molecule has 6 heteroatoms. The largest absolute Gasteiger partial charge is 0.497 e. The zero-order valence-corrected chi connectivity index (χ0v) is 14.1. The maximum Gasteiger partial charge on any atom is 0.228 e. The second-order valence-electron chi connectivity index (χ2n) is 6.15. The SMILES string of the molecule is COc1ccc(OC)c([C@@H]2C[C@@H]2C(=O)Nc2cccc3[nH]cnc23)c1. The third-order valence-corrected chi connectivity index (χ3v) is 4.67. The van der Waals surface area contributed by atoms with Gasteiger partial charge in [0, 0.05) is 17.4 Å². The van der Waals surface area contributed by atoms with Crippen LogP contribution in [0.3, 0.4) is 0 Å². The first-order valence-corrected chi connectivity index (χ1v) is 8.16. The van der Waals surface area contributed by atoms with Gasteiger partial charge in [0.05, 0.1) is 31.8 Å². The number of amides is 1. The maximum atomic E-state index is 12.7. The molecule has 0 spiro atoms. The highest BCUT2D eigenvalue weighted by Crippen LogP contribution is 2.51. The number of H-pyrrole nitrogens is 1. The summed E-state index contributed by atoms with van der Waals surface area (Å²) in [6.45, 7) is 0. The van der Waals surface area contributed by atoms with Gasteiger partial charge in [0.25, 0.3) is 0 Å². The van der Waals surface area contributed by atoms with Gasteiger partial charge in [0.2, 0.25) is 5.91 Å². The number of aromatic amines is 1. The Kier molecular flexibility index (Phi) is 3.80. The van der Waals surface area contributed by atoms with Crippen LogP contribution in [0.15, 0.2) is 42.7 Å². The Morgan fingerprint density at radius 3 is 2.92 bits per heavy atom. The molecule has 2 aromatic carbocycles. The lowest BCUT2D eigenvalue weighted by molar-refractivity contribution is -0.117. The predicted octanol–water partition coefficient (Wildman–Crippen LogP) is 3.32. The second-order valence-corrected chi connectivity index (χ2v) is 6.15. The molecule has 0 aliphatic heterocycles. The number of anilines is 1. The van der Waals surface area contributed by atoms with Gasteiger partial charge in [-0.15, -0.1) is 0 Å². The fourth-order valence-electron chi connectivity index (χ4n) is 3.25. The van der Waals surface area contributed by atoms with Gasteiger partial charge in [-0.3, -0.25) is 4.79 Å². The summed E-state index contributed by atoms with van der Waals surface area (Å²) in [6, 6.07) is 11.4. The van der Waals surface area contributed by atoms with E-state index in [-0.39, 0.29) is 17.7 Å². The molecule has 1 aliphatic rings. The van der Waals surface area contributed by atoms with E-state index in [4.69, 9.17) is 9.47 Å². The number of para-hydroxylation sites is 1. The van der Waals surface area contributed by atoms with Crippen LogP contribution < -0.4 is 14.8 Å². The zero-order chi connectivity index (χ0) is 17.4. The number of nitrogens with one attached hydrogen (secondary N) is 2. The van der Waals surface area contributed by atoms with Crippen LogP contribution in [0, 0.1) is 5.92 Å². The van der Waals surface area contributed by atoms with E-state index >= 15 is 0 Å². The summed E-state index contributed by atoms with van der Waals surface area (Å²) in [5.41, 5.74) is 3.42. The Balaban J connectivity index is 1.53. The van der Waals surface area contributed by atoms with E-state index in [9.17, 15) is 4.79 Å². The lowest BCUT2D eigenvalue weighted by Gasteiger charge is -2.10. The monoisotopic (exact) mass is 337 g/mol. The van der Waals surface area contributed by atoms with Crippen LogP contribution >= 0.6 is 0 Å². The van der Waals surface area contributed by atoms with E-state index in [1.807, 2.05) is 36.4 Å². The van der Waals surface area contributed by atoms with Crippen LogP contribution in [0.4, 0.5) is 5.69 Å². The van der Waals surface area contributed by atoms with Gasteiger partial charge in [-0.05, 0) is 36.8 Å². The molecule has 1 aromatic heterocycles. The first-order valence-electron chi connectivity index (χ1n) is 8.16. The van der Waals surface area contributed by atoms with Crippen molar-refractivity contribution in [2.24, 2.45) is 5.92 Å². The first kappa shape index (κ1) is 15.5.